The first-order chi connectivity index (χ1) is 7.88. The van der Waals surface area contributed by atoms with E-state index in [1.54, 1.807) is 0 Å². The van der Waals surface area contributed by atoms with Crippen molar-refractivity contribution < 1.29 is 0 Å². The van der Waals surface area contributed by atoms with Crippen LogP contribution in [0.3, 0.4) is 0 Å². The van der Waals surface area contributed by atoms with E-state index in [0.717, 1.165) is 10.5 Å². The third kappa shape index (κ3) is 2.70. The zero-order valence-electron chi connectivity index (χ0n) is 9.65. The van der Waals surface area contributed by atoms with E-state index in [2.05, 4.69) is 47.0 Å². The van der Waals surface area contributed by atoms with E-state index in [4.69, 9.17) is 0 Å². The predicted octanol–water partition coefficient (Wildman–Crippen LogP) is 4.34. The minimum atomic E-state index is 0.624. The van der Waals surface area contributed by atoms with Crippen LogP contribution in [-0.2, 0) is 0 Å². The van der Waals surface area contributed by atoms with Gasteiger partial charge < -0.3 is 0 Å². The maximum atomic E-state index is 2.31. The maximum Gasteiger partial charge on any atom is 0.0622 e. The van der Waals surface area contributed by atoms with E-state index < -0.39 is 0 Å². The highest BCUT2D eigenvalue weighted by Gasteiger charge is 2.43. The van der Waals surface area contributed by atoms with Crippen molar-refractivity contribution in [2.24, 2.45) is 0 Å². The van der Waals surface area contributed by atoms with Gasteiger partial charge in [0.05, 0.1) is 4.08 Å². The predicted molar refractivity (Wildman–Crippen MR) is 83.2 cm³/mol. The van der Waals surface area contributed by atoms with E-state index in [-0.39, 0.29) is 0 Å². The summed E-state index contributed by atoms with van der Waals surface area (Å²) in [5, 5.41) is 1.95. The van der Waals surface area contributed by atoms with Gasteiger partial charge >= 0.3 is 0 Å². The molecule has 0 aromatic heterocycles. The molecule has 1 aliphatic carbocycles. The molecule has 0 amide bonds. The molecule has 4 rings (SSSR count). The Kier molecular flexibility index (Phi) is 4.34. The third-order valence-electron chi connectivity index (χ3n) is 3.71. The average Bonchev–Trinajstić information content (AvgIpc) is 2.42. The second kappa shape index (κ2) is 5.58. The fourth-order valence-corrected chi connectivity index (χ4v) is 9.75. The monoisotopic (exact) mass is 292 g/mol. The first kappa shape index (κ1) is 12.4. The lowest BCUT2D eigenvalue weighted by Crippen LogP contribution is -2.39. The fourth-order valence-electron chi connectivity index (χ4n) is 2.85. The van der Waals surface area contributed by atoms with E-state index >= 15 is 0 Å². The molecule has 0 aromatic rings. The van der Waals surface area contributed by atoms with Crippen molar-refractivity contribution in [2.45, 2.75) is 46.7 Å². The Morgan fingerprint density at radius 1 is 0.812 bits per heavy atom. The Bertz CT molecular complexity index is 241. The summed E-state index contributed by atoms with van der Waals surface area (Å²) in [4.78, 5) is 0. The van der Waals surface area contributed by atoms with Crippen LogP contribution in [0, 0.1) is 0 Å². The molecule has 92 valence electrons. The van der Waals surface area contributed by atoms with Gasteiger partial charge in [0.15, 0.2) is 0 Å². The summed E-state index contributed by atoms with van der Waals surface area (Å²) in [6.07, 6.45) is 7.33. The van der Waals surface area contributed by atoms with Crippen LogP contribution < -0.4 is 0 Å². The average molecular weight is 293 g/mol. The quantitative estimate of drug-likeness (QED) is 0.651. The molecule has 0 nitrogen and oxygen atoms in total. The van der Waals surface area contributed by atoms with Crippen LogP contribution in [0.15, 0.2) is 0 Å². The molecule has 0 N–H and O–H groups in total. The van der Waals surface area contributed by atoms with Gasteiger partial charge in [0, 0.05) is 10.5 Å². The summed E-state index contributed by atoms with van der Waals surface area (Å²) in [5.74, 6) is 5.64. The van der Waals surface area contributed by atoms with Crippen molar-refractivity contribution >= 4 is 47.0 Å². The standard InChI is InChI=1S/C12H20S4/c1-5-13-10-3-4-12(15-7-1)9-11(10)14-6-2-8-16-12/h10-11H,1-9H2. The van der Waals surface area contributed by atoms with E-state index in [0.29, 0.717) is 4.08 Å². The summed E-state index contributed by atoms with van der Waals surface area (Å²) in [7, 11) is 0. The fraction of sp³-hybridized carbons (Fsp3) is 1.00. The van der Waals surface area contributed by atoms with Gasteiger partial charge in [0.2, 0.25) is 0 Å². The topological polar surface area (TPSA) is 0 Å². The molecule has 4 fully saturated rings. The second-order valence-electron chi connectivity index (χ2n) is 4.88. The highest BCUT2D eigenvalue weighted by atomic mass is 32.2. The summed E-state index contributed by atoms with van der Waals surface area (Å²) >= 11 is 9.20. The Morgan fingerprint density at radius 3 is 2.25 bits per heavy atom. The molecule has 16 heavy (non-hydrogen) atoms. The normalized spacial score (nSPS) is 45.0. The van der Waals surface area contributed by atoms with Crippen LogP contribution in [0.2, 0.25) is 0 Å². The van der Waals surface area contributed by atoms with Crippen LogP contribution in [0.5, 0.6) is 0 Å². The Hall–Kier alpha value is 1.40. The minimum Gasteiger partial charge on any atom is -0.157 e. The molecule has 0 radical (unpaired) electrons. The van der Waals surface area contributed by atoms with Gasteiger partial charge in [-0.15, -0.1) is 23.5 Å². The Morgan fingerprint density at radius 2 is 1.50 bits per heavy atom. The molecule has 1 spiro atoms. The lowest BCUT2D eigenvalue weighted by Gasteiger charge is -2.44. The van der Waals surface area contributed by atoms with Crippen molar-refractivity contribution in [3.05, 3.63) is 0 Å². The highest BCUT2D eigenvalue weighted by molar-refractivity contribution is 8.18. The molecule has 3 unspecified atom stereocenters. The summed E-state index contributed by atoms with van der Waals surface area (Å²) < 4.78 is 0.624. The molecule has 3 aliphatic heterocycles. The molecule has 1 saturated carbocycles. The number of rotatable bonds is 0. The van der Waals surface area contributed by atoms with Crippen molar-refractivity contribution in [3.8, 4) is 0 Å². The SMILES string of the molecule is C1CSC2CCC3(CC2SCCCS3)SC1. The lowest BCUT2D eigenvalue weighted by molar-refractivity contribution is 0.512. The molecule has 3 heterocycles. The largest absolute Gasteiger partial charge is 0.157 e. The van der Waals surface area contributed by atoms with E-state index in [1.165, 1.54) is 55.1 Å². The Balaban J connectivity index is 1.82. The summed E-state index contributed by atoms with van der Waals surface area (Å²) in [6, 6.07) is 0. The lowest BCUT2D eigenvalue weighted by atomic mass is 9.98. The maximum absolute atomic E-state index is 2.31. The third-order valence-corrected chi connectivity index (χ3v) is 10.3. The van der Waals surface area contributed by atoms with Crippen LogP contribution in [0.25, 0.3) is 0 Å². The van der Waals surface area contributed by atoms with Gasteiger partial charge in [-0.25, -0.2) is 0 Å². The zero-order valence-corrected chi connectivity index (χ0v) is 12.9. The van der Waals surface area contributed by atoms with Crippen molar-refractivity contribution in [1.82, 2.24) is 0 Å². The summed E-state index contributed by atoms with van der Waals surface area (Å²) in [6.45, 7) is 0. The van der Waals surface area contributed by atoms with Crippen LogP contribution in [0.1, 0.15) is 32.1 Å². The van der Waals surface area contributed by atoms with Gasteiger partial charge in [-0.05, 0) is 55.1 Å². The van der Waals surface area contributed by atoms with Gasteiger partial charge in [0.1, 0.15) is 0 Å². The first-order valence-electron chi connectivity index (χ1n) is 6.39. The van der Waals surface area contributed by atoms with Crippen LogP contribution >= 0.6 is 47.0 Å². The van der Waals surface area contributed by atoms with Gasteiger partial charge in [-0.2, -0.15) is 23.5 Å². The number of hydrogen-bond donors (Lipinski definition) is 0. The minimum absolute atomic E-state index is 0.624. The molecule has 3 saturated heterocycles. The number of thioether (sulfide) groups is 4. The van der Waals surface area contributed by atoms with Crippen molar-refractivity contribution in [3.63, 3.8) is 0 Å². The second-order valence-corrected chi connectivity index (χ2v) is 10.8. The molecule has 4 heteroatoms. The summed E-state index contributed by atoms with van der Waals surface area (Å²) in [5.41, 5.74) is 0. The Labute approximate surface area is 116 Å². The molecule has 3 atom stereocenters. The highest BCUT2D eigenvalue weighted by Crippen LogP contribution is 2.55. The van der Waals surface area contributed by atoms with Crippen molar-refractivity contribution in [2.75, 3.05) is 23.0 Å². The number of fused-ring (bicyclic) bond motifs is 5. The van der Waals surface area contributed by atoms with Gasteiger partial charge in [-0.1, -0.05) is 0 Å². The molecule has 0 aromatic carbocycles. The van der Waals surface area contributed by atoms with Crippen molar-refractivity contribution in [1.29, 1.82) is 0 Å². The zero-order chi connectivity index (χ0) is 10.8. The molecule has 4 aliphatic rings. The van der Waals surface area contributed by atoms with E-state index in [9.17, 15) is 0 Å². The molecular formula is C12H20S4. The molecular weight excluding hydrogens is 272 g/mol. The molecule has 3 bridgehead atoms. The smallest absolute Gasteiger partial charge is 0.0622 e. The first-order valence-corrected chi connectivity index (χ1v) is 10.5. The van der Waals surface area contributed by atoms with Gasteiger partial charge in [-0.3, -0.25) is 0 Å². The van der Waals surface area contributed by atoms with Crippen LogP contribution in [-0.4, -0.2) is 37.6 Å². The van der Waals surface area contributed by atoms with Gasteiger partial charge in [0.25, 0.3) is 0 Å². The number of hydrogen-bond acceptors (Lipinski definition) is 4. The van der Waals surface area contributed by atoms with Crippen LogP contribution in [0.4, 0.5) is 0 Å². The van der Waals surface area contributed by atoms with E-state index in [1.807, 2.05) is 0 Å².